The topological polar surface area (TPSA) is 69.0 Å². The van der Waals surface area contributed by atoms with E-state index in [1.54, 1.807) is 12.1 Å². The van der Waals surface area contributed by atoms with Crippen LogP contribution >= 0.6 is 0 Å². The number of carbonyl (C=O) groups excluding carboxylic acids is 1. The lowest BCUT2D eigenvalue weighted by atomic mass is 10.1. The first-order valence-corrected chi connectivity index (χ1v) is 8.88. The molecule has 0 unspecified atom stereocenters. The van der Waals surface area contributed by atoms with Crippen LogP contribution in [0.15, 0.2) is 73.3 Å². The molecule has 1 amide bonds. The molecular formula is C21H15F3N4O2. The van der Waals surface area contributed by atoms with E-state index in [4.69, 9.17) is 4.74 Å². The first-order valence-electron chi connectivity index (χ1n) is 8.88. The molecule has 4 aromatic rings. The number of aromatic nitrogens is 3. The number of nitrogens with zero attached hydrogens (tertiary/aromatic N) is 3. The highest BCUT2D eigenvalue weighted by atomic mass is 19.4. The number of hydrogen-bond acceptors (Lipinski definition) is 4. The van der Waals surface area contributed by atoms with Crippen LogP contribution < -0.4 is 10.1 Å². The third-order valence-corrected chi connectivity index (χ3v) is 4.35. The third kappa shape index (κ3) is 4.24. The van der Waals surface area contributed by atoms with E-state index < -0.39 is 17.6 Å². The van der Waals surface area contributed by atoms with Crippen LogP contribution in [0.3, 0.4) is 0 Å². The molecule has 6 nitrogen and oxygen atoms in total. The molecule has 1 N–H and O–H groups in total. The summed E-state index contributed by atoms with van der Waals surface area (Å²) < 4.78 is 46.1. The minimum absolute atomic E-state index is 0.0533. The number of fused-ring (bicyclic) bond motifs is 1. The number of halogens is 3. The number of anilines is 1. The monoisotopic (exact) mass is 412 g/mol. The number of nitrogens with one attached hydrogen (secondary N) is 1. The van der Waals surface area contributed by atoms with Gasteiger partial charge in [-0.15, -0.1) is 0 Å². The van der Waals surface area contributed by atoms with E-state index in [0.29, 0.717) is 5.75 Å². The van der Waals surface area contributed by atoms with Crippen LogP contribution in [0.2, 0.25) is 0 Å². The summed E-state index contributed by atoms with van der Waals surface area (Å²) in [5.41, 5.74) is -0.695. The van der Waals surface area contributed by atoms with Crippen LogP contribution in [0.5, 0.6) is 5.75 Å². The summed E-state index contributed by atoms with van der Waals surface area (Å²) in [6, 6.07) is 16.0. The fourth-order valence-electron chi connectivity index (χ4n) is 2.94. The SMILES string of the molecule is O=C(COc1ccc2ccccc2c1)Nc1cc(C(F)(F)F)ccc1-n1cncn1. The van der Waals surface area contributed by atoms with E-state index in [1.165, 1.54) is 23.4 Å². The fraction of sp³-hybridized carbons (Fsp3) is 0.0952. The highest BCUT2D eigenvalue weighted by molar-refractivity contribution is 5.94. The maximum atomic E-state index is 13.1. The maximum Gasteiger partial charge on any atom is 0.416 e. The van der Waals surface area contributed by atoms with Crippen molar-refractivity contribution in [3.05, 3.63) is 78.9 Å². The lowest BCUT2D eigenvalue weighted by molar-refractivity contribution is -0.137. The first-order chi connectivity index (χ1) is 14.4. The van der Waals surface area contributed by atoms with E-state index in [2.05, 4.69) is 15.4 Å². The van der Waals surface area contributed by atoms with E-state index in [0.717, 1.165) is 22.9 Å². The molecule has 30 heavy (non-hydrogen) atoms. The third-order valence-electron chi connectivity index (χ3n) is 4.35. The van der Waals surface area contributed by atoms with Crippen molar-refractivity contribution >= 4 is 22.4 Å². The first kappa shape index (κ1) is 19.4. The largest absolute Gasteiger partial charge is 0.484 e. The van der Waals surface area contributed by atoms with Crippen molar-refractivity contribution in [2.24, 2.45) is 0 Å². The van der Waals surface area contributed by atoms with Gasteiger partial charge in [-0.25, -0.2) is 9.67 Å². The van der Waals surface area contributed by atoms with Gasteiger partial charge in [0.25, 0.3) is 5.91 Å². The van der Waals surface area contributed by atoms with Crippen molar-refractivity contribution in [2.75, 3.05) is 11.9 Å². The van der Waals surface area contributed by atoms with Gasteiger partial charge in [0.2, 0.25) is 0 Å². The zero-order chi connectivity index (χ0) is 21.1. The molecule has 0 fully saturated rings. The number of hydrogen-bond donors (Lipinski definition) is 1. The molecule has 0 saturated heterocycles. The van der Waals surface area contributed by atoms with Gasteiger partial charge in [0.05, 0.1) is 16.9 Å². The summed E-state index contributed by atoms with van der Waals surface area (Å²) in [6.07, 6.45) is -1.99. The molecule has 0 saturated carbocycles. The molecule has 0 aliphatic carbocycles. The lowest BCUT2D eigenvalue weighted by Gasteiger charge is -2.14. The van der Waals surface area contributed by atoms with Crippen LogP contribution in [-0.2, 0) is 11.0 Å². The number of ether oxygens (including phenoxy) is 1. The highest BCUT2D eigenvalue weighted by Crippen LogP contribution is 2.33. The average Bonchev–Trinajstić information content (AvgIpc) is 3.26. The van der Waals surface area contributed by atoms with E-state index >= 15 is 0 Å². The number of alkyl halides is 3. The minimum Gasteiger partial charge on any atom is -0.484 e. The van der Waals surface area contributed by atoms with Crippen LogP contribution in [0.4, 0.5) is 18.9 Å². The smallest absolute Gasteiger partial charge is 0.416 e. The molecule has 0 bridgehead atoms. The molecule has 0 aliphatic heterocycles. The summed E-state index contributed by atoms with van der Waals surface area (Å²) in [6.45, 7) is -0.370. The van der Waals surface area contributed by atoms with Crippen molar-refractivity contribution in [1.29, 1.82) is 0 Å². The Morgan fingerprint density at radius 1 is 1.03 bits per heavy atom. The molecule has 4 rings (SSSR count). The van der Waals surface area contributed by atoms with Crippen molar-refractivity contribution in [3.63, 3.8) is 0 Å². The Hall–Kier alpha value is -3.88. The number of rotatable bonds is 5. The Labute approximate surface area is 168 Å². The van der Waals surface area contributed by atoms with Crippen molar-refractivity contribution in [3.8, 4) is 11.4 Å². The van der Waals surface area contributed by atoms with Crippen LogP contribution in [0.1, 0.15) is 5.56 Å². The molecule has 152 valence electrons. The van der Waals surface area contributed by atoms with Crippen molar-refractivity contribution < 1.29 is 22.7 Å². The van der Waals surface area contributed by atoms with Crippen molar-refractivity contribution in [2.45, 2.75) is 6.18 Å². The zero-order valence-electron chi connectivity index (χ0n) is 15.4. The molecule has 0 aliphatic rings. The van der Waals surface area contributed by atoms with Gasteiger partial charge in [-0.2, -0.15) is 18.3 Å². The van der Waals surface area contributed by atoms with Gasteiger partial charge in [0.1, 0.15) is 18.4 Å². The van der Waals surface area contributed by atoms with E-state index in [-0.39, 0.29) is 18.0 Å². The molecule has 9 heteroatoms. The molecule has 0 spiro atoms. The quantitative estimate of drug-likeness (QED) is 0.526. The van der Waals surface area contributed by atoms with Gasteiger partial charge in [-0.1, -0.05) is 30.3 Å². The Kier molecular flexibility index (Phi) is 5.09. The van der Waals surface area contributed by atoms with Crippen LogP contribution in [0, 0.1) is 0 Å². The maximum absolute atomic E-state index is 13.1. The second-order valence-electron chi connectivity index (χ2n) is 6.42. The number of benzene rings is 3. The van der Waals surface area contributed by atoms with Crippen LogP contribution in [0.25, 0.3) is 16.5 Å². The summed E-state index contributed by atoms with van der Waals surface area (Å²) in [5, 5.41) is 8.35. The highest BCUT2D eigenvalue weighted by Gasteiger charge is 2.31. The Bertz CT molecular complexity index is 1190. The minimum atomic E-state index is -4.55. The summed E-state index contributed by atoms with van der Waals surface area (Å²) in [7, 11) is 0. The molecule has 0 atom stereocenters. The molecule has 0 radical (unpaired) electrons. The van der Waals surface area contributed by atoms with Gasteiger partial charge in [0.15, 0.2) is 6.61 Å². The van der Waals surface area contributed by atoms with Gasteiger partial charge in [-0.05, 0) is 41.1 Å². The van der Waals surface area contributed by atoms with Gasteiger partial charge in [-0.3, -0.25) is 4.79 Å². The van der Waals surface area contributed by atoms with E-state index in [1.807, 2.05) is 30.3 Å². The Balaban J connectivity index is 1.52. The number of carbonyl (C=O) groups is 1. The Morgan fingerprint density at radius 2 is 1.83 bits per heavy atom. The Morgan fingerprint density at radius 3 is 2.57 bits per heavy atom. The summed E-state index contributed by atoms with van der Waals surface area (Å²) >= 11 is 0. The summed E-state index contributed by atoms with van der Waals surface area (Å²) in [5.74, 6) is -0.131. The molecule has 3 aromatic carbocycles. The standard InChI is InChI=1S/C21H15F3N4O2/c22-21(23,24)16-6-8-19(28-13-25-12-26-28)18(10-16)27-20(29)11-30-17-7-5-14-3-1-2-4-15(14)9-17/h1-10,12-13H,11H2,(H,27,29). The van der Waals surface area contributed by atoms with Gasteiger partial charge >= 0.3 is 6.18 Å². The second-order valence-corrected chi connectivity index (χ2v) is 6.42. The normalized spacial score (nSPS) is 11.4. The molecule has 1 aromatic heterocycles. The van der Waals surface area contributed by atoms with E-state index in [9.17, 15) is 18.0 Å². The predicted molar refractivity (Wildman–Crippen MR) is 104 cm³/mol. The predicted octanol–water partition coefficient (Wildman–Crippen LogP) is 4.46. The lowest BCUT2D eigenvalue weighted by Crippen LogP contribution is -2.21. The second kappa shape index (κ2) is 7.86. The van der Waals surface area contributed by atoms with Crippen LogP contribution in [-0.4, -0.2) is 27.3 Å². The molecular weight excluding hydrogens is 397 g/mol. The number of amides is 1. The molecule has 1 heterocycles. The van der Waals surface area contributed by atoms with Gasteiger partial charge < -0.3 is 10.1 Å². The summed E-state index contributed by atoms with van der Waals surface area (Å²) in [4.78, 5) is 16.2. The average molecular weight is 412 g/mol. The fourth-order valence-corrected chi connectivity index (χ4v) is 2.94. The zero-order valence-corrected chi connectivity index (χ0v) is 15.4. The van der Waals surface area contributed by atoms with Crippen molar-refractivity contribution in [1.82, 2.24) is 14.8 Å². The van der Waals surface area contributed by atoms with Gasteiger partial charge in [0, 0.05) is 0 Å².